The molecule has 0 bridgehead atoms. The highest BCUT2D eigenvalue weighted by molar-refractivity contribution is 5.54. The van der Waals surface area contributed by atoms with Gasteiger partial charge in [0.25, 0.3) is 0 Å². The zero-order chi connectivity index (χ0) is 11.4. The van der Waals surface area contributed by atoms with Crippen LogP contribution in [0.2, 0.25) is 0 Å². The summed E-state index contributed by atoms with van der Waals surface area (Å²) in [6.07, 6.45) is 5.55. The Bertz CT molecular complexity index is 335. The van der Waals surface area contributed by atoms with Crippen LogP contribution in [-0.2, 0) is 0 Å². The lowest BCUT2D eigenvalue weighted by atomic mass is 9.82. The van der Waals surface area contributed by atoms with Crippen molar-refractivity contribution in [2.75, 3.05) is 17.6 Å². The van der Waals surface area contributed by atoms with Crippen molar-refractivity contribution in [1.82, 2.24) is 0 Å². The van der Waals surface area contributed by atoms with E-state index in [1.54, 1.807) is 0 Å². The van der Waals surface area contributed by atoms with E-state index in [4.69, 9.17) is 5.73 Å². The Balaban J connectivity index is 1.82. The second-order valence-electron chi connectivity index (χ2n) is 5.14. The Kier molecular flexibility index (Phi) is 3.70. The van der Waals surface area contributed by atoms with E-state index in [2.05, 4.69) is 18.3 Å². The first-order valence-corrected chi connectivity index (χ1v) is 6.33. The molecular formula is C14H22N2. The summed E-state index contributed by atoms with van der Waals surface area (Å²) in [6.45, 7) is 3.46. The maximum atomic E-state index is 5.75. The number of nitrogens with one attached hydrogen (secondary N) is 1. The largest absolute Gasteiger partial charge is 0.399 e. The average molecular weight is 218 g/mol. The number of nitrogens with two attached hydrogens (primary N) is 1. The van der Waals surface area contributed by atoms with Crippen LogP contribution >= 0.6 is 0 Å². The lowest BCUT2D eigenvalue weighted by molar-refractivity contribution is 0.293. The molecule has 0 aromatic heterocycles. The minimum absolute atomic E-state index is 0.835. The number of anilines is 2. The Morgan fingerprint density at radius 1 is 1.38 bits per heavy atom. The highest BCUT2D eigenvalue weighted by Gasteiger charge is 2.18. The van der Waals surface area contributed by atoms with E-state index in [1.165, 1.54) is 25.7 Å². The zero-order valence-corrected chi connectivity index (χ0v) is 10.1. The molecule has 0 amide bonds. The molecule has 1 aromatic carbocycles. The predicted octanol–water partition coefficient (Wildman–Crippen LogP) is 3.51. The molecule has 0 radical (unpaired) electrons. The standard InChI is InChI=1S/C14H22N2/c1-11-4-2-5-12(8-11)10-16-14-7-3-6-13(15)9-14/h3,6-7,9,11-12,16H,2,4-5,8,10,15H2,1H3. The summed E-state index contributed by atoms with van der Waals surface area (Å²) in [5.74, 6) is 1.74. The van der Waals surface area contributed by atoms with Crippen molar-refractivity contribution < 1.29 is 0 Å². The maximum absolute atomic E-state index is 5.75. The van der Waals surface area contributed by atoms with Crippen molar-refractivity contribution in [3.8, 4) is 0 Å². The van der Waals surface area contributed by atoms with Crippen LogP contribution in [-0.4, -0.2) is 6.54 Å². The van der Waals surface area contributed by atoms with Gasteiger partial charge in [-0.1, -0.05) is 25.8 Å². The molecule has 2 atom stereocenters. The molecule has 88 valence electrons. The second-order valence-corrected chi connectivity index (χ2v) is 5.14. The smallest absolute Gasteiger partial charge is 0.0360 e. The van der Waals surface area contributed by atoms with Gasteiger partial charge in [0.2, 0.25) is 0 Å². The van der Waals surface area contributed by atoms with Gasteiger partial charge in [0.1, 0.15) is 0 Å². The molecule has 0 heterocycles. The van der Waals surface area contributed by atoms with Gasteiger partial charge in [-0.25, -0.2) is 0 Å². The first-order valence-electron chi connectivity index (χ1n) is 6.33. The lowest BCUT2D eigenvalue weighted by Gasteiger charge is -2.27. The number of benzene rings is 1. The molecule has 1 saturated carbocycles. The molecule has 0 spiro atoms. The first kappa shape index (κ1) is 11.3. The van der Waals surface area contributed by atoms with Gasteiger partial charge in [-0.05, 0) is 42.9 Å². The fourth-order valence-corrected chi connectivity index (χ4v) is 2.66. The molecule has 2 rings (SSSR count). The fraction of sp³-hybridized carbons (Fsp3) is 0.571. The molecule has 2 nitrogen and oxygen atoms in total. The van der Waals surface area contributed by atoms with Crippen LogP contribution in [0.4, 0.5) is 11.4 Å². The van der Waals surface area contributed by atoms with Crippen molar-refractivity contribution in [3.05, 3.63) is 24.3 Å². The third-order valence-electron chi connectivity index (χ3n) is 3.53. The van der Waals surface area contributed by atoms with Crippen molar-refractivity contribution in [1.29, 1.82) is 0 Å². The van der Waals surface area contributed by atoms with Crippen LogP contribution in [0.25, 0.3) is 0 Å². The molecule has 16 heavy (non-hydrogen) atoms. The number of hydrogen-bond acceptors (Lipinski definition) is 2. The van der Waals surface area contributed by atoms with Gasteiger partial charge in [-0.2, -0.15) is 0 Å². The fourth-order valence-electron chi connectivity index (χ4n) is 2.66. The van der Waals surface area contributed by atoms with Crippen LogP contribution in [0, 0.1) is 11.8 Å². The van der Waals surface area contributed by atoms with Crippen LogP contribution in [0.3, 0.4) is 0 Å². The van der Waals surface area contributed by atoms with E-state index in [0.29, 0.717) is 0 Å². The van der Waals surface area contributed by atoms with Gasteiger partial charge in [-0.3, -0.25) is 0 Å². The van der Waals surface area contributed by atoms with E-state index in [1.807, 2.05) is 18.2 Å². The SMILES string of the molecule is CC1CCCC(CNc2cccc(N)c2)C1. The molecule has 1 fully saturated rings. The summed E-state index contributed by atoms with van der Waals surface area (Å²) < 4.78 is 0. The number of rotatable bonds is 3. The third-order valence-corrected chi connectivity index (χ3v) is 3.53. The monoisotopic (exact) mass is 218 g/mol. The van der Waals surface area contributed by atoms with E-state index in [9.17, 15) is 0 Å². The van der Waals surface area contributed by atoms with Crippen molar-refractivity contribution in [3.63, 3.8) is 0 Å². The first-order chi connectivity index (χ1) is 7.74. The van der Waals surface area contributed by atoms with Crippen LogP contribution in [0.15, 0.2) is 24.3 Å². The molecule has 1 aliphatic rings. The Morgan fingerprint density at radius 2 is 2.25 bits per heavy atom. The molecule has 1 aromatic rings. The van der Waals surface area contributed by atoms with E-state index in [-0.39, 0.29) is 0 Å². The Labute approximate surface area is 98.2 Å². The van der Waals surface area contributed by atoms with Crippen molar-refractivity contribution in [2.24, 2.45) is 11.8 Å². The lowest BCUT2D eigenvalue weighted by Crippen LogP contribution is -2.20. The van der Waals surface area contributed by atoms with Gasteiger partial charge in [0.05, 0.1) is 0 Å². The Morgan fingerprint density at radius 3 is 3.00 bits per heavy atom. The van der Waals surface area contributed by atoms with Crippen LogP contribution < -0.4 is 11.1 Å². The van der Waals surface area contributed by atoms with Crippen LogP contribution in [0.5, 0.6) is 0 Å². The predicted molar refractivity (Wildman–Crippen MR) is 70.5 cm³/mol. The molecule has 2 unspecified atom stereocenters. The van der Waals surface area contributed by atoms with E-state index in [0.717, 1.165) is 29.8 Å². The molecule has 1 aliphatic carbocycles. The molecular weight excluding hydrogens is 196 g/mol. The van der Waals surface area contributed by atoms with E-state index >= 15 is 0 Å². The summed E-state index contributed by atoms with van der Waals surface area (Å²) >= 11 is 0. The highest BCUT2D eigenvalue weighted by Crippen LogP contribution is 2.28. The molecule has 0 saturated heterocycles. The van der Waals surface area contributed by atoms with E-state index < -0.39 is 0 Å². The maximum Gasteiger partial charge on any atom is 0.0360 e. The summed E-state index contributed by atoms with van der Waals surface area (Å²) in [5, 5.41) is 3.50. The molecule has 3 N–H and O–H groups in total. The quantitative estimate of drug-likeness (QED) is 0.762. The van der Waals surface area contributed by atoms with Gasteiger partial charge >= 0.3 is 0 Å². The minimum Gasteiger partial charge on any atom is -0.399 e. The highest BCUT2D eigenvalue weighted by atomic mass is 14.9. The zero-order valence-electron chi connectivity index (χ0n) is 10.1. The van der Waals surface area contributed by atoms with Crippen LogP contribution in [0.1, 0.15) is 32.6 Å². The minimum atomic E-state index is 0.835. The summed E-state index contributed by atoms with van der Waals surface area (Å²) in [6, 6.07) is 8.02. The average Bonchev–Trinajstić information content (AvgIpc) is 2.27. The number of nitrogen functional groups attached to an aromatic ring is 1. The van der Waals surface area contributed by atoms with Crippen molar-refractivity contribution >= 4 is 11.4 Å². The third kappa shape index (κ3) is 3.16. The van der Waals surface area contributed by atoms with Gasteiger partial charge < -0.3 is 11.1 Å². The molecule has 2 heteroatoms. The summed E-state index contributed by atoms with van der Waals surface area (Å²) in [7, 11) is 0. The van der Waals surface area contributed by atoms with Gasteiger partial charge in [-0.15, -0.1) is 0 Å². The van der Waals surface area contributed by atoms with Crippen molar-refractivity contribution in [2.45, 2.75) is 32.6 Å². The normalized spacial score (nSPS) is 25.3. The summed E-state index contributed by atoms with van der Waals surface area (Å²) in [4.78, 5) is 0. The number of hydrogen-bond donors (Lipinski definition) is 2. The van der Waals surface area contributed by atoms with Gasteiger partial charge in [0.15, 0.2) is 0 Å². The molecule has 0 aliphatic heterocycles. The van der Waals surface area contributed by atoms with Gasteiger partial charge in [0, 0.05) is 17.9 Å². The summed E-state index contributed by atoms with van der Waals surface area (Å²) in [5.41, 5.74) is 7.74. The Hall–Kier alpha value is -1.18. The second kappa shape index (κ2) is 5.24. The topological polar surface area (TPSA) is 38.0 Å².